The van der Waals surface area contributed by atoms with Gasteiger partial charge in [0, 0.05) is 17.5 Å². The van der Waals surface area contributed by atoms with Crippen molar-refractivity contribution in [1.82, 2.24) is 5.32 Å². The van der Waals surface area contributed by atoms with Crippen molar-refractivity contribution in [2.45, 2.75) is 12.5 Å². The van der Waals surface area contributed by atoms with E-state index in [1.54, 1.807) is 11.8 Å². The SMILES string of the molecule is O=C(Nc1ccc(C(=O)O)c(F)c1)NC1CCSC1. The van der Waals surface area contributed by atoms with Gasteiger partial charge in [-0.1, -0.05) is 0 Å². The van der Waals surface area contributed by atoms with Crippen molar-refractivity contribution in [2.75, 3.05) is 16.8 Å². The molecule has 0 saturated carbocycles. The second-order valence-corrected chi connectivity index (χ2v) is 5.31. The van der Waals surface area contributed by atoms with Gasteiger partial charge >= 0.3 is 12.0 Å². The minimum atomic E-state index is -1.34. The van der Waals surface area contributed by atoms with Gasteiger partial charge in [0.15, 0.2) is 0 Å². The molecule has 0 radical (unpaired) electrons. The number of aromatic carboxylic acids is 1. The lowest BCUT2D eigenvalue weighted by atomic mass is 10.2. The van der Waals surface area contributed by atoms with E-state index < -0.39 is 23.4 Å². The number of amides is 2. The molecule has 1 heterocycles. The van der Waals surface area contributed by atoms with Crippen LogP contribution in [0.15, 0.2) is 18.2 Å². The van der Waals surface area contributed by atoms with E-state index >= 15 is 0 Å². The van der Waals surface area contributed by atoms with Crippen molar-refractivity contribution < 1.29 is 19.1 Å². The minimum Gasteiger partial charge on any atom is -0.478 e. The predicted molar refractivity (Wildman–Crippen MR) is 71.2 cm³/mol. The van der Waals surface area contributed by atoms with Gasteiger partial charge in [-0.15, -0.1) is 0 Å². The van der Waals surface area contributed by atoms with E-state index in [1.807, 2.05) is 0 Å². The summed E-state index contributed by atoms with van der Waals surface area (Å²) in [5.41, 5.74) is -0.191. The molecule has 2 amide bonds. The highest BCUT2D eigenvalue weighted by Gasteiger charge is 2.18. The zero-order chi connectivity index (χ0) is 13.8. The molecule has 1 aliphatic rings. The summed E-state index contributed by atoms with van der Waals surface area (Å²) >= 11 is 1.77. The molecular weight excluding hydrogens is 271 g/mol. The number of anilines is 1. The Kier molecular flexibility index (Phi) is 4.26. The molecule has 0 bridgehead atoms. The molecule has 19 heavy (non-hydrogen) atoms. The van der Waals surface area contributed by atoms with E-state index in [1.165, 1.54) is 6.07 Å². The molecule has 1 saturated heterocycles. The van der Waals surface area contributed by atoms with Gasteiger partial charge < -0.3 is 15.7 Å². The molecule has 1 aromatic carbocycles. The standard InChI is InChI=1S/C12H13FN2O3S/c13-10-5-7(1-2-9(10)11(16)17)14-12(18)15-8-3-4-19-6-8/h1-2,5,8H,3-4,6H2,(H,16,17)(H2,14,15,18). The third-order valence-electron chi connectivity index (χ3n) is 2.72. The molecule has 7 heteroatoms. The van der Waals surface area contributed by atoms with Gasteiger partial charge in [-0.2, -0.15) is 11.8 Å². The molecule has 1 aromatic rings. The molecule has 0 spiro atoms. The van der Waals surface area contributed by atoms with Crippen LogP contribution in [-0.2, 0) is 0 Å². The minimum absolute atomic E-state index is 0.133. The molecule has 2 rings (SSSR count). The number of thioether (sulfide) groups is 1. The highest BCUT2D eigenvalue weighted by molar-refractivity contribution is 7.99. The molecular formula is C12H13FN2O3S. The van der Waals surface area contributed by atoms with Crippen LogP contribution in [0.5, 0.6) is 0 Å². The maximum atomic E-state index is 13.4. The van der Waals surface area contributed by atoms with Crippen molar-refractivity contribution in [1.29, 1.82) is 0 Å². The van der Waals surface area contributed by atoms with Crippen LogP contribution in [0.4, 0.5) is 14.9 Å². The van der Waals surface area contributed by atoms with Gasteiger partial charge in [-0.3, -0.25) is 0 Å². The summed E-state index contributed by atoms with van der Waals surface area (Å²) in [5, 5.41) is 13.9. The first-order chi connectivity index (χ1) is 9.06. The maximum Gasteiger partial charge on any atom is 0.338 e. The summed E-state index contributed by atoms with van der Waals surface area (Å²) in [6.45, 7) is 0. The van der Waals surface area contributed by atoms with E-state index in [9.17, 15) is 14.0 Å². The lowest BCUT2D eigenvalue weighted by Gasteiger charge is -2.12. The Morgan fingerprint density at radius 2 is 2.21 bits per heavy atom. The lowest BCUT2D eigenvalue weighted by molar-refractivity contribution is 0.0692. The number of carboxylic acid groups (broad SMARTS) is 1. The number of carbonyl (C=O) groups is 2. The fraction of sp³-hybridized carbons (Fsp3) is 0.333. The third-order valence-corrected chi connectivity index (χ3v) is 3.88. The molecule has 3 N–H and O–H groups in total. The van der Waals surface area contributed by atoms with Crippen LogP contribution in [-0.4, -0.2) is 34.7 Å². The Bertz CT molecular complexity index is 504. The predicted octanol–water partition coefficient (Wildman–Crippen LogP) is 2.15. The third kappa shape index (κ3) is 3.60. The number of hydrogen-bond donors (Lipinski definition) is 3. The highest BCUT2D eigenvalue weighted by Crippen LogP contribution is 2.18. The van der Waals surface area contributed by atoms with Crippen molar-refractivity contribution in [3.63, 3.8) is 0 Å². The zero-order valence-corrected chi connectivity index (χ0v) is 10.8. The molecule has 5 nitrogen and oxygen atoms in total. The first-order valence-corrected chi connectivity index (χ1v) is 6.90. The van der Waals surface area contributed by atoms with E-state index in [0.717, 1.165) is 30.1 Å². The van der Waals surface area contributed by atoms with Crippen LogP contribution in [0.3, 0.4) is 0 Å². The molecule has 102 valence electrons. The van der Waals surface area contributed by atoms with E-state index in [0.29, 0.717) is 0 Å². The van der Waals surface area contributed by atoms with Gasteiger partial charge in [-0.25, -0.2) is 14.0 Å². The van der Waals surface area contributed by atoms with Crippen LogP contribution in [0.2, 0.25) is 0 Å². The number of rotatable bonds is 3. The summed E-state index contributed by atoms with van der Waals surface area (Å²) in [7, 11) is 0. The summed E-state index contributed by atoms with van der Waals surface area (Å²) in [6.07, 6.45) is 0.921. The Labute approximate surface area is 113 Å². The fourth-order valence-electron chi connectivity index (χ4n) is 1.77. The summed E-state index contributed by atoms with van der Waals surface area (Å²) in [6, 6.07) is 3.20. The lowest BCUT2D eigenvalue weighted by Crippen LogP contribution is -2.37. The van der Waals surface area contributed by atoms with Crippen LogP contribution in [0.25, 0.3) is 0 Å². The monoisotopic (exact) mass is 284 g/mol. The average molecular weight is 284 g/mol. The van der Waals surface area contributed by atoms with Gasteiger partial charge in [0.25, 0.3) is 0 Å². The van der Waals surface area contributed by atoms with Crippen molar-refractivity contribution >= 4 is 29.4 Å². The Balaban J connectivity index is 1.96. The normalized spacial score (nSPS) is 18.1. The van der Waals surface area contributed by atoms with Crippen LogP contribution in [0.1, 0.15) is 16.8 Å². The van der Waals surface area contributed by atoms with Crippen LogP contribution in [0, 0.1) is 5.82 Å². The van der Waals surface area contributed by atoms with Crippen molar-refractivity contribution in [3.8, 4) is 0 Å². The summed E-state index contributed by atoms with van der Waals surface area (Å²) in [4.78, 5) is 22.3. The van der Waals surface area contributed by atoms with Gasteiger partial charge in [0.05, 0.1) is 5.56 Å². The number of carbonyl (C=O) groups excluding carboxylic acids is 1. The number of carboxylic acids is 1. The summed E-state index contributed by atoms with van der Waals surface area (Å²) in [5.74, 6) is -0.315. The largest absolute Gasteiger partial charge is 0.478 e. The van der Waals surface area contributed by atoms with Crippen LogP contribution < -0.4 is 10.6 Å². The maximum absolute atomic E-state index is 13.4. The number of halogens is 1. The fourth-order valence-corrected chi connectivity index (χ4v) is 2.92. The van der Waals surface area contributed by atoms with Gasteiger partial charge in [-0.05, 0) is 30.4 Å². The number of hydrogen-bond acceptors (Lipinski definition) is 3. The first kappa shape index (κ1) is 13.7. The highest BCUT2D eigenvalue weighted by atomic mass is 32.2. The van der Waals surface area contributed by atoms with Crippen molar-refractivity contribution in [2.24, 2.45) is 0 Å². The smallest absolute Gasteiger partial charge is 0.338 e. The van der Waals surface area contributed by atoms with Gasteiger partial charge in [0.1, 0.15) is 5.82 Å². The Morgan fingerprint density at radius 3 is 2.79 bits per heavy atom. The number of urea groups is 1. The number of benzene rings is 1. The molecule has 0 aromatic heterocycles. The quantitative estimate of drug-likeness (QED) is 0.794. The summed E-state index contributed by atoms with van der Waals surface area (Å²) < 4.78 is 13.4. The Morgan fingerprint density at radius 1 is 1.42 bits per heavy atom. The molecule has 1 aliphatic heterocycles. The zero-order valence-electron chi connectivity index (χ0n) is 9.98. The van der Waals surface area contributed by atoms with E-state index in [4.69, 9.17) is 5.11 Å². The molecule has 1 fully saturated rings. The molecule has 1 atom stereocenters. The average Bonchev–Trinajstić information content (AvgIpc) is 2.81. The topological polar surface area (TPSA) is 78.4 Å². The van der Waals surface area contributed by atoms with Crippen molar-refractivity contribution in [3.05, 3.63) is 29.6 Å². The van der Waals surface area contributed by atoms with Gasteiger partial charge in [0.2, 0.25) is 0 Å². The first-order valence-electron chi connectivity index (χ1n) is 5.74. The van der Waals surface area contributed by atoms with Crippen LogP contribution >= 0.6 is 11.8 Å². The van der Waals surface area contributed by atoms with E-state index in [-0.39, 0.29) is 11.7 Å². The Hall–Kier alpha value is -1.76. The molecule has 1 unspecified atom stereocenters. The number of nitrogens with one attached hydrogen (secondary N) is 2. The second-order valence-electron chi connectivity index (χ2n) is 4.16. The second kappa shape index (κ2) is 5.92. The van der Waals surface area contributed by atoms with E-state index in [2.05, 4.69) is 10.6 Å². The molecule has 0 aliphatic carbocycles.